The minimum atomic E-state index is -0.329. The number of pyridine rings is 2. The van der Waals surface area contributed by atoms with Crippen LogP contribution in [-0.2, 0) is 4.79 Å². The van der Waals surface area contributed by atoms with E-state index in [9.17, 15) is 14.4 Å². The first-order valence-electron chi connectivity index (χ1n) is 12.3. The number of anilines is 3. The summed E-state index contributed by atoms with van der Waals surface area (Å²) in [4.78, 5) is 50.3. The number of amides is 4. The van der Waals surface area contributed by atoms with Gasteiger partial charge in [0.2, 0.25) is 5.91 Å². The molecule has 4 heterocycles. The number of urea groups is 1. The van der Waals surface area contributed by atoms with Crippen LogP contribution >= 0.6 is 11.3 Å². The highest BCUT2D eigenvalue weighted by molar-refractivity contribution is 7.21. The molecule has 4 amide bonds. The van der Waals surface area contributed by atoms with Crippen molar-refractivity contribution in [3.63, 3.8) is 0 Å². The van der Waals surface area contributed by atoms with Gasteiger partial charge in [-0.25, -0.2) is 9.78 Å². The molecule has 0 radical (unpaired) electrons. The van der Waals surface area contributed by atoms with E-state index < -0.39 is 0 Å². The van der Waals surface area contributed by atoms with Crippen LogP contribution in [0.4, 0.5) is 21.9 Å². The van der Waals surface area contributed by atoms with Crippen LogP contribution in [0, 0.1) is 0 Å². The van der Waals surface area contributed by atoms with E-state index in [1.54, 1.807) is 23.4 Å². The molecule has 0 bridgehead atoms. The summed E-state index contributed by atoms with van der Waals surface area (Å²) < 4.78 is 0. The van der Waals surface area contributed by atoms with Crippen LogP contribution < -0.4 is 20.9 Å². The third-order valence-electron chi connectivity index (χ3n) is 7.34. The lowest BCUT2D eigenvalue weighted by Crippen LogP contribution is -2.48. The lowest BCUT2D eigenvalue weighted by molar-refractivity contribution is -0.117. The Balaban J connectivity index is 1.32. The molecule has 1 aliphatic heterocycles. The van der Waals surface area contributed by atoms with Crippen LogP contribution in [0.15, 0.2) is 43.2 Å². The fraction of sp³-hybridized carbons (Fsp3) is 0.346. The van der Waals surface area contributed by atoms with Crippen LogP contribution in [0.3, 0.4) is 0 Å². The highest BCUT2D eigenvalue weighted by atomic mass is 32.1. The third kappa shape index (κ3) is 3.81. The Hall–Kier alpha value is -3.79. The number of hydrogen-bond acceptors (Lipinski definition) is 6. The van der Waals surface area contributed by atoms with Crippen LogP contribution in [0.5, 0.6) is 0 Å². The van der Waals surface area contributed by atoms with Crippen molar-refractivity contribution in [3.05, 3.63) is 53.8 Å². The predicted octanol–water partition coefficient (Wildman–Crippen LogP) is 4.60. The lowest BCUT2D eigenvalue weighted by Gasteiger charge is -2.30. The summed E-state index contributed by atoms with van der Waals surface area (Å²) in [5, 5.41) is 9.66. The van der Waals surface area contributed by atoms with E-state index in [0.717, 1.165) is 48.9 Å². The van der Waals surface area contributed by atoms with E-state index >= 15 is 0 Å². The van der Waals surface area contributed by atoms with E-state index in [4.69, 9.17) is 0 Å². The van der Waals surface area contributed by atoms with Gasteiger partial charge in [0.15, 0.2) is 0 Å². The van der Waals surface area contributed by atoms with Crippen molar-refractivity contribution < 1.29 is 14.4 Å². The molecule has 36 heavy (non-hydrogen) atoms. The summed E-state index contributed by atoms with van der Waals surface area (Å²) in [6.07, 6.45) is 10.5. The van der Waals surface area contributed by atoms with Gasteiger partial charge >= 0.3 is 6.03 Å². The van der Waals surface area contributed by atoms with Crippen molar-refractivity contribution >= 4 is 56.5 Å². The number of nitrogens with one attached hydrogen (secondary N) is 3. The smallest absolute Gasteiger partial charge is 0.331 e. The summed E-state index contributed by atoms with van der Waals surface area (Å²) in [6.45, 7) is 3.50. The Morgan fingerprint density at radius 1 is 1.08 bits per heavy atom. The molecule has 2 unspecified atom stereocenters. The molecule has 0 saturated heterocycles. The van der Waals surface area contributed by atoms with Gasteiger partial charge in [-0.1, -0.05) is 13.0 Å². The zero-order valence-electron chi connectivity index (χ0n) is 19.6. The minimum absolute atomic E-state index is 0.152. The largest absolute Gasteiger partial charge is 0.348 e. The number of carbonyl (C=O) groups is 3. The van der Waals surface area contributed by atoms with E-state index in [2.05, 4.69) is 32.5 Å². The Morgan fingerprint density at radius 3 is 2.58 bits per heavy atom. The maximum absolute atomic E-state index is 13.4. The molecule has 184 valence electrons. The normalized spacial score (nSPS) is 21.1. The monoisotopic (exact) mass is 502 g/mol. The van der Waals surface area contributed by atoms with E-state index in [-0.39, 0.29) is 29.9 Å². The SMILES string of the molecule is C=CC(=O)NC1CCCC1NC(=O)c1sc2nccc3c2c1NC(=O)N3c1ccnc(C2CCC2)c1. The molecule has 6 rings (SSSR count). The highest BCUT2D eigenvalue weighted by Gasteiger charge is 2.35. The average molecular weight is 503 g/mol. The van der Waals surface area contributed by atoms with Crippen LogP contribution in [0.1, 0.15) is 59.8 Å². The Bertz CT molecular complexity index is 1400. The van der Waals surface area contributed by atoms with Crippen LogP contribution in [-0.4, -0.2) is 39.9 Å². The Morgan fingerprint density at radius 2 is 1.83 bits per heavy atom. The maximum atomic E-state index is 13.4. The van der Waals surface area contributed by atoms with Crippen molar-refractivity contribution in [1.82, 2.24) is 20.6 Å². The standard InChI is InChI=1S/C26H26N6O3S/c1-2-20(33)29-16-7-4-8-17(16)30-24(34)23-22-21-19(10-12-28-25(21)36-23)32(26(35)31-22)15-9-11-27-18(13-15)14-5-3-6-14/h2,9-14,16-17H,1,3-8H2,(H,29,33)(H,30,34)(H,31,35). The zero-order valence-corrected chi connectivity index (χ0v) is 20.4. The van der Waals surface area contributed by atoms with Gasteiger partial charge in [0, 0.05) is 36.1 Å². The van der Waals surface area contributed by atoms with Crippen molar-refractivity contribution in [3.8, 4) is 0 Å². The van der Waals surface area contributed by atoms with E-state index in [0.29, 0.717) is 27.0 Å². The zero-order chi connectivity index (χ0) is 24.8. The summed E-state index contributed by atoms with van der Waals surface area (Å²) in [6, 6.07) is 4.95. The maximum Gasteiger partial charge on any atom is 0.331 e. The molecule has 2 fully saturated rings. The second-order valence-electron chi connectivity index (χ2n) is 9.48. The predicted molar refractivity (Wildman–Crippen MR) is 139 cm³/mol. The van der Waals surface area contributed by atoms with Crippen LogP contribution in [0.25, 0.3) is 10.2 Å². The quantitative estimate of drug-likeness (QED) is 0.426. The van der Waals surface area contributed by atoms with Gasteiger partial charge < -0.3 is 16.0 Å². The molecule has 2 saturated carbocycles. The number of hydrogen-bond donors (Lipinski definition) is 3. The Labute approximate surface area is 212 Å². The van der Waals surface area contributed by atoms with Gasteiger partial charge in [-0.15, -0.1) is 11.3 Å². The summed E-state index contributed by atoms with van der Waals surface area (Å²) in [5.74, 6) is -0.0949. The number of rotatable bonds is 6. The minimum Gasteiger partial charge on any atom is -0.348 e. The first-order valence-corrected chi connectivity index (χ1v) is 13.1. The van der Waals surface area contributed by atoms with Gasteiger partial charge in [0.05, 0.1) is 22.4 Å². The molecule has 3 aliphatic rings. The second kappa shape index (κ2) is 9.02. The van der Waals surface area contributed by atoms with Crippen LogP contribution in [0.2, 0.25) is 0 Å². The van der Waals surface area contributed by atoms with Crippen molar-refractivity contribution in [1.29, 1.82) is 0 Å². The number of aromatic nitrogens is 2. The average Bonchev–Trinajstić information content (AvgIpc) is 3.43. The van der Waals surface area contributed by atoms with E-state index in [1.165, 1.54) is 23.8 Å². The summed E-state index contributed by atoms with van der Waals surface area (Å²) in [7, 11) is 0. The van der Waals surface area contributed by atoms with Gasteiger partial charge in [-0.2, -0.15) is 0 Å². The fourth-order valence-electron chi connectivity index (χ4n) is 5.28. The molecule has 2 atom stereocenters. The van der Waals surface area contributed by atoms with Crippen molar-refractivity contribution in [2.45, 2.75) is 56.5 Å². The molecule has 3 N–H and O–H groups in total. The third-order valence-corrected chi connectivity index (χ3v) is 8.44. The fourth-order valence-corrected chi connectivity index (χ4v) is 6.31. The number of carbonyl (C=O) groups excluding carboxylic acids is 3. The number of thiophene rings is 1. The highest BCUT2D eigenvalue weighted by Crippen LogP contribution is 2.46. The Kier molecular flexibility index (Phi) is 5.67. The topological polar surface area (TPSA) is 116 Å². The molecular weight excluding hydrogens is 476 g/mol. The number of nitrogens with zero attached hydrogens (tertiary/aromatic N) is 3. The molecule has 9 nitrogen and oxygen atoms in total. The lowest BCUT2D eigenvalue weighted by atomic mass is 9.82. The summed E-state index contributed by atoms with van der Waals surface area (Å²) >= 11 is 1.25. The second-order valence-corrected chi connectivity index (χ2v) is 10.5. The summed E-state index contributed by atoms with van der Waals surface area (Å²) in [5.41, 5.74) is 2.92. The molecule has 10 heteroatoms. The van der Waals surface area contributed by atoms with Gasteiger partial charge in [-0.3, -0.25) is 19.5 Å². The van der Waals surface area contributed by atoms with Gasteiger partial charge in [0.1, 0.15) is 9.71 Å². The molecule has 2 aliphatic carbocycles. The molecular formula is C26H26N6O3S. The molecule has 3 aromatic rings. The van der Waals surface area contributed by atoms with Crippen molar-refractivity contribution in [2.24, 2.45) is 0 Å². The van der Waals surface area contributed by atoms with Crippen molar-refractivity contribution in [2.75, 3.05) is 10.2 Å². The first-order chi connectivity index (χ1) is 17.5. The first kappa shape index (κ1) is 22.7. The van der Waals surface area contributed by atoms with E-state index in [1.807, 2.05) is 12.1 Å². The molecule has 3 aromatic heterocycles. The van der Waals surface area contributed by atoms with Gasteiger partial charge in [0.25, 0.3) is 5.91 Å². The molecule has 0 spiro atoms. The van der Waals surface area contributed by atoms with Gasteiger partial charge in [-0.05, 0) is 56.4 Å². The molecule has 0 aromatic carbocycles.